The third kappa shape index (κ3) is 4.13. The molecule has 1 aliphatic heterocycles. The smallest absolute Gasteiger partial charge is 0.175 e. The van der Waals surface area contributed by atoms with E-state index in [0.717, 1.165) is 56.0 Å². The molecule has 0 saturated heterocycles. The van der Waals surface area contributed by atoms with Crippen LogP contribution < -0.4 is 15.9 Å². The highest BCUT2D eigenvalue weighted by Gasteiger charge is 2.59. The molecular formula is C59H39N2OP. The predicted octanol–water partition coefficient (Wildman–Crippen LogP) is 12.2. The molecule has 0 fully saturated rings. The van der Waals surface area contributed by atoms with E-state index in [0.29, 0.717) is 0 Å². The highest BCUT2D eigenvalue weighted by atomic mass is 31.2. The maximum Gasteiger partial charge on any atom is 0.175 e. The minimum Gasteiger partial charge on any atom is -0.308 e. The van der Waals surface area contributed by atoms with Crippen molar-refractivity contribution >= 4 is 34.1 Å². The van der Waals surface area contributed by atoms with Gasteiger partial charge in [0, 0.05) is 22.3 Å². The van der Waals surface area contributed by atoms with Crippen LogP contribution in [0.1, 0.15) is 57.3 Å². The molecule has 63 heavy (non-hydrogen) atoms. The summed E-state index contributed by atoms with van der Waals surface area (Å²) in [5.74, 6) is 0.975. The molecule has 0 saturated carbocycles. The number of imidazole rings is 1. The van der Waals surface area contributed by atoms with Crippen LogP contribution in [0.15, 0.2) is 206 Å². The first-order chi connectivity index (χ1) is 31.1. The third-order valence-corrected chi connectivity index (χ3v) is 18.0. The van der Waals surface area contributed by atoms with Crippen molar-refractivity contribution in [2.75, 3.05) is 0 Å². The topological polar surface area (TPSA) is 34.9 Å². The summed E-state index contributed by atoms with van der Waals surface area (Å²) in [7, 11) is -3.32. The molecule has 3 nitrogen and oxygen atoms in total. The van der Waals surface area contributed by atoms with Crippen molar-refractivity contribution in [1.29, 1.82) is 0 Å². The van der Waals surface area contributed by atoms with Gasteiger partial charge in [-0.1, -0.05) is 183 Å². The number of rotatable bonds is 3. The van der Waals surface area contributed by atoms with E-state index in [4.69, 9.17) is 4.98 Å². The number of benzene rings is 9. The van der Waals surface area contributed by atoms with Gasteiger partial charge in [0.15, 0.2) is 7.14 Å². The Morgan fingerprint density at radius 3 is 1.49 bits per heavy atom. The Labute approximate surface area is 366 Å². The molecule has 4 aliphatic rings. The Bertz CT molecular complexity index is 3580. The number of nitrogens with zero attached hydrogens (tertiary/aromatic N) is 2. The predicted molar refractivity (Wildman–Crippen MR) is 257 cm³/mol. The van der Waals surface area contributed by atoms with Crippen molar-refractivity contribution in [1.82, 2.24) is 9.55 Å². The summed E-state index contributed by atoms with van der Waals surface area (Å²) in [5.41, 5.74) is 19.5. The van der Waals surface area contributed by atoms with Crippen molar-refractivity contribution in [2.45, 2.75) is 24.2 Å². The Morgan fingerprint density at radius 2 is 0.921 bits per heavy atom. The quantitative estimate of drug-likeness (QED) is 0.166. The highest BCUT2D eigenvalue weighted by molar-refractivity contribution is 7.86. The van der Waals surface area contributed by atoms with Crippen LogP contribution in [0, 0.1) is 0 Å². The lowest BCUT2D eigenvalue weighted by Gasteiger charge is -2.48. The molecule has 0 radical (unpaired) electrons. The fourth-order valence-electron chi connectivity index (χ4n) is 12.5. The van der Waals surface area contributed by atoms with E-state index in [1.165, 1.54) is 66.8 Å². The first-order valence-corrected chi connectivity index (χ1v) is 23.8. The molecule has 3 aliphatic carbocycles. The summed E-state index contributed by atoms with van der Waals surface area (Å²) in [6.45, 7) is 2.15. The SMILES string of the molecule is CCc1nc2cccc3c2n1-c1ccc(-c2ccc4c(c2)C2(c5ccccc5-4)c4ccccc4C4(c5ccccc5-c5ccccc54)c4ccccc42)cc1P3(=O)c1ccccc1. The van der Waals surface area contributed by atoms with Gasteiger partial charge in [-0.3, -0.25) is 4.57 Å². The lowest BCUT2D eigenvalue weighted by Crippen LogP contribution is -2.43. The fourth-order valence-corrected chi connectivity index (χ4v) is 15.6. The highest BCUT2D eigenvalue weighted by Crippen LogP contribution is 2.67. The number of aromatic nitrogens is 2. The maximum absolute atomic E-state index is 16.3. The van der Waals surface area contributed by atoms with Gasteiger partial charge < -0.3 is 4.57 Å². The Hall–Kier alpha value is -7.32. The molecule has 1 atom stereocenters. The zero-order valence-corrected chi connectivity index (χ0v) is 35.5. The lowest BCUT2D eigenvalue weighted by molar-refractivity contribution is 0.592. The van der Waals surface area contributed by atoms with Gasteiger partial charge in [0.25, 0.3) is 0 Å². The van der Waals surface area contributed by atoms with Gasteiger partial charge in [-0.25, -0.2) is 4.98 Å². The van der Waals surface area contributed by atoms with E-state index in [1.807, 2.05) is 36.4 Å². The molecule has 10 aromatic rings. The van der Waals surface area contributed by atoms with Crippen LogP contribution in [0.3, 0.4) is 0 Å². The number of hydrogen-bond donors (Lipinski definition) is 0. The fraction of sp³-hybridized carbons (Fsp3) is 0.0678. The number of aryl methyl sites for hydroxylation is 1. The van der Waals surface area contributed by atoms with Gasteiger partial charge >= 0.3 is 0 Å². The largest absolute Gasteiger partial charge is 0.308 e. The average molecular weight is 823 g/mol. The monoisotopic (exact) mass is 822 g/mol. The summed E-state index contributed by atoms with van der Waals surface area (Å²) < 4.78 is 18.5. The van der Waals surface area contributed by atoms with Gasteiger partial charge in [0.1, 0.15) is 5.82 Å². The first-order valence-electron chi connectivity index (χ1n) is 22.0. The van der Waals surface area contributed by atoms with Crippen LogP contribution in [0.4, 0.5) is 0 Å². The van der Waals surface area contributed by atoms with Crippen molar-refractivity contribution in [2.24, 2.45) is 0 Å². The van der Waals surface area contributed by atoms with E-state index < -0.39 is 18.0 Å². The van der Waals surface area contributed by atoms with Gasteiger partial charge in [-0.15, -0.1) is 0 Å². The second-order valence-electron chi connectivity index (χ2n) is 17.5. The number of hydrogen-bond acceptors (Lipinski definition) is 2. The summed E-state index contributed by atoms with van der Waals surface area (Å²) in [4.78, 5) is 5.08. The molecule has 0 amide bonds. The maximum atomic E-state index is 16.3. The van der Waals surface area contributed by atoms with E-state index in [9.17, 15) is 0 Å². The van der Waals surface area contributed by atoms with Gasteiger partial charge in [0.05, 0.1) is 27.6 Å². The molecule has 4 heteroatoms. The van der Waals surface area contributed by atoms with Crippen molar-refractivity contribution in [3.8, 4) is 39.1 Å². The van der Waals surface area contributed by atoms with Gasteiger partial charge in [-0.05, 0) is 108 Å². The van der Waals surface area contributed by atoms with E-state index >= 15 is 4.57 Å². The van der Waals surface area contributed by atoms with Gasteiger partial charge in [0.2, 0.25) is 0 Å². The Kier molecular flexibility index (Phi) is 6.95. The Balaban J connectivity index is 1.05. The first kappa shape index (κ1) is 35.3. The van der Waals surface area contributed by atoms with Crippen LogP contribution in [-0.2, 0) is 21.8 Å². The zero-order valence-electron chi connectivity index (χ0n) is 34.6. The van der Waals surface area contributed by atoms with E-state index in [1.54, 1.807) is 0 Å². The van der Waals surface area contributed by atoms with Crippen molar-refractivity contribution in [3.63, 3.8) is 0 Å². The second kappa shape index (κ2) is 12.4. The van der Waals surface area contributed by atoms with Gasteiger partial charge in [-0.2, -0.15) is 0 Å². The number of para-hydroxylation sites is 1. The van der Waals surface area contributed by atoms with E-state index in [2.05, 4.69) is 181 Å². The third-order valence-electron chi connectivity index (χ3n) is 14.9. The van der Waals surface area contributed by atoms with Crippen LogP contribution >= 0.6 is 7.14 Å². The molecule has 2 heterocycles. The van der Waals surface area contributed by atoms with Crippen LogP contribution in [-0.4, -0.2) is 9.55 Å². The second-order valence-corrected chi connectivity index (χ2v) is 20.2. The standard InChI is InChI=1S/C59H39N2OP/c1-2-56-60-52-29-16-30-54-57(52)61(56)53-34-32-38(36-55(53)63(54,62)39-17-4-3-5-18-39)37-31-33-43-42-21-8-11-24-46(42)59(51(43)35-37)49-27-14-12-25-47(49)58(48-26-13-15-28-50(48)59)44-22-9-6-19-40(44)41-20-7-10-23-45(41)58/h3-36H,2H2,1H3. The van der Waals surface area contributed by atoms with Crippen LogP contribution in [0.5, 0.6) is 0 Å². The summed E-state index contributed by atoms with van der Waals surface area (Å²) in [6, 6.07) is 75.6. The summed E-state index contributed by atoms with van der Waals surface area (Å²) in [5, 5.41) is 2.54. The molecule has 14 rings (SSSR count). The molecule has 1 aromatic heterocycles. The molecule has 0 N–H and O–H groups in total. The summed E-state index contributed by atoms with van der Waals surface area (Å²) in [6.07, 6.45) is 0.764. The lowest BCUT2D eigenvalue weighted by atomic mass is 9.52. The zero-order chi connectivity index (χ0) is 41.7. The Morgan fingerprint density at radius 1 is 0.444 bits per heavy atom. The van der Waals surface area contributed by atoms with Crippen LogP contribution in [0.2, 0.25) is 0 Å². The average Bonchev–Trinajstić information content (AvgIpc) is 3.98. The molecule has 9 aromatic carbocycles. The molecule has 2 spiro atoms. The normalized spacial score (nSPS) is 17.1. The molecule has 1 unspecified atom stereocenters. The van der Waals surface area contributed by atoms with Crippen molar-refractivity contribution in [3.05, 3.63) is 257 Å². The molecule has 0 bridgehead atoms. The van der Waals surface area contributed by atoms with Crippen LogP contribution in [0.25, 0.3) is 50.1 Å². The number of fused-ring (bicyclic) bond motifs is 18. The van der Waals surface area contributed by atoms with E-state index in [-0.39, 0.29) is 0 Å². The summed E-state index contributed by atoms with van der Waals surface area (Å²) >= 11 is 0. The minimum absolute atomic E-state index is 0.496. The van der Waals surface area contributed by atoms with Crippen molar-refractivity contribution < 1.29 is 4.57 Å². The molecule has 296 valence electrons. The minimum atomic E-state index is -3.32. The molecular weight excluding hydrogens is 784 g/mol.